The normalized spacial score (nSPS) is 25.3. The molecule has 1 aromatic rings. The largest absolute Gasteiger partial charge is 0.381 e. The van der Waals surface area contributed by atoms with Gasteiger partial charge in [0, 0.05) is 5.41 Å². The third kappa shape index (κ3) is 2.38. The summed E-state index contributed by atoms with van der Waals surface area (Å²) in [6.45, 7) is 8.83. The second-order valence-corrected chi connectivity index (χ2v) is 6.54. The Kier molecular flexibility index (Phi) is 3.64. The number of nitrogens with zero attached hydrogens (tertiary/aromatic N) is 3. The maximum absolute atomic E-state index is 6.03. The van der Waals surface area contributed by atoms with Crippen LogP contribution in [0.5, 0.6) is 0 Å². The van der Waals surface area contributed by atoms with Crippen molar-refractivity contribution in [1.29, 1.82) is 0 Å². The first-order valence-corrected chi connectivity index (χ1v) is 7.16. The van der Waals surface area contributed by atoms with Gasteiger partial charge in [0.1, 0.15) is 0 Å². The van der Waals surface area contributed by atoms with E-state index >= 15 is 0 Å². The number of nitrogen functional groups attached to an aromatic ring is 1. The second kappa shape index (κ2) is 4.90. The first-order valence-electron chi connectivity index (χ1n) is 7.16. The summed E-state index contributed by atoms with van der Waals surface area (Å²) < 4.78 is 2.13. The molecule has 0 aliphatic heterocycles. The van der Waals surface area contributed by atoms with Crippen molar-refractivity contribution in [2.75, 3.05) is 5.73 Å². The molecule has 1 heterocycles. The quantitative estimate of drug-likeness (QED) is 0.876. The Morgan fingerprint density at radius 1 is 1.28 bits per heavy atom. The summed E-state index contributed by atoms with van der Waals surface area (Å²) in [7, 11) is 0. The Bertz CT molecular complexity index is 402. The highest BCUT2D eigenvalue weighted by molar-refractivity contribution is 5.38. The predicted molar refractivity (Wildman–Crippen MR) is 74.4 cm³/mol. The fourth-order valence-electron chi connectivity index (χ4n) is 3.25. The van der Waals surface area contributed by atoms with Crippen LogP contribution in [0.1, 0.15) is 71.5 Å². The second-order valence-electron chi connectivity index (χ2n) is 6.54. The molecular formula is C14H26N4. The van der Waals surface area contributed by atoms with Crippen LogP contribution in [-0.2, 0) is 5.41 Å². The van der Waals surface area contributed by atoms with Crippen LogP contribution in [0.3, 0.4) is 0 Å². The molecule has 1 aliphatic carbocycles. The molecule has 0 spiro atoms. The van der Waals surface area contributed by atoms with Crippen LogP contribution < -0.4 is 5.73 Å². The number of aromatic nitrogens is 3. The van der Waals surface area contributed by atoms with Gasteiger partial charge in [0.15, 0.2) is 5.82 Å². The van der Waals surface area contributed by atoms with Crippen LogP contribution in [0.4, 0.5) is 5.82 Å². The van der Waals surface area contributed by atoms with Gasteiger partial charge in [0.05, 0.1) is 11.7 Å². The van der Waals surface area contributed by atoms with Crippen LogP contribution in [0.2, 0.25) is 0 Å². The van der Waals surface area contributed by atoms with Crippen molar-refractivity contribution in [3.8, 4) is 0 Å². The van der Waals surface area contributed by atoms with E-state index in [2.05, 4.69) is 42.7 Å². The van der Waals surface area contributed by atoms with Crippen molar-refractivity contribution in [3.05, 3.63) is 5.69 Å². The Morgan fingerprint density at radius 3 is 2.56 bits per heavy atom. The van der Waals surface area contributed by atoms with Crippen molar-refractivity contribution < 1.29 is 0 Å². The summed E-state index contributed by atoms with van der Waals surface area (Å²) in [5.74, 6) is 1.32. The molecule has 18 heavy (non-hydrogen) atoms. The smallest absolute Gasteiger partial charge is 0.169 e. The zero-order valence-electron chi connectivity index (χ0n) is 12.1. The fourth-order valence-corrected chi connectivity index (χ4v) is 3.25. The average molecular weight is 250 g/mol. The van der Waals surface area contributed by atoms with E-state index < -0.39 is 0 Å². The Hall–Kier alpha value is -1.06. The SMILES string of the molecule is CCC1CCCCC1n1nnc(N)c1C(C)(C)C. The molecule has 0 radical (unpaired) electrons. The number of hydrogen-bond donors (Lipinski definition) is 1. The number of rotatable bonds is 2. The summed E-state index contributed by atoms with van der Waals surface area (Å²) in [6, 6.07) is 0.489. The number of anilines is 1. The standard InChI is InChI=1S/C14H26N4/c1-5-10-8-6-7-9-11(10)18-12(14(2,3)4)13(15)16-17-18/h10-11H,5-9,15H2,1-4H3. The topological polar surface area (TPSA) is 56.7 Å². The van der Waals surface area contributed by atoms with Crippen molar-refractivity contribution >= 4 is 5.82 Å². The molecule has 2 rings (SSSR count). The molecule has 102 valence electrons. The molecular weight excluding hydrogens is 224 g/mol. The number of nitrogens with two attached hydrogens (primary N) is 1. The molecule has 1 aliphatic rings. The van der Waals surface area contributed by atoms with Gasteiger partial charge in [-0.2, -0.15) is 0 Å². The lowest BCUT2D eigenvalue weighted by Crippen LogP contribution is -2.29. The summed E-state index contributed by atoms with van der Waals surface area (Å²) in [5, 5.41) is 8.46. The van der Waals surface area contributed by atoms with Gasteiger partial charge in [-0.1, -0.05) is 52.2 Å². The molecule has 0 aromatic carbocycles. The van der Waals surface area contributed by atoms with Crippen LogP contribution in [0, 0.1) is 5.92 Å². The van der Waals surface area contributed by atoms with Crippen molar-refractivity contribution in [3.63, 3.8) is 0 Å². The van der Waals surface area contributed by atoms with E-state index in [1.54, 1.807) is 0 Å². The van der Waals surface area contributed by atoms with Crippen LogP contribution in [0.25, 0.3) is 0 Å². The maximum atomic E-state index is 6.03. The highest BCUT2D eigenvalue weighted by atomic mass is 15.5. The highest BCUT2D eigenvalue weighted by Gasteiger charge is 2.32. The van der Waals surface area contributed by atoms with Crippen molar-refractivity contribution in [1.82, 2.24) is 15.0 Å². The Labute approximate surface area is 110 Å². The molecule has 4 nitrogen and oxygen atoms in total. The van der Waals surface area contributed by atoms with Gasteiger partial charge >= 0.3 is 0 Å². The van der Waals surface area contributed by atoms with Gasteiger partial charge in [0.25, 0.3) is 0 Å². The van der Waals surface area contributed by atoms with Crippen LogP contribution >= 0.6 is 0 Å². The molecule has 2 atom stereocenters. The third-order valence-electron chi connectivity index (χ3n) is 4.14. The lowest BCUT2D eigenvalue weighted by molar-refractivity contribution is 0.205. The van der Waals surface area contributed by atoms with Gasteiger partial charge in [-0.05, 0) is 18.8 Å². The van der Waals surface area contributed by atoms with E-state index in [-0.39, 0.29) is 5.41 Å². The molecule has 2 unspecified atom stereocenters. The van der Waals surface area contributed by atoms with E-state index in [1.807, 2.05) is 0 Å². The lowest BCUT2D eigenvalue weighted by Gasteiger charge is -2.33. The third-order valence-corrected chi connectivity index (χ3v) is 4.14. The minimum atomic E-state index is 0.00330. The molecule has 0 saturated heterocycles. The van der Waals surface area contributed by atoms with Crippen molar-refractivity contribution in [2.24, 2.45) is 5.92 Å². The minimum Gasteiger partial charge on any atom is -0.381 e. The Morgan fingerprint density at radius 2 is 1.94 bits per heavy atom. The van der Waals surface area contributed by atoms with Crippen LogP contribution in [-0.4, -0.2) is 15.0 Å². The number of hydrogen-bond acceptors (Lipinski definition) is 3. The van der Waals surface area contributed by atoms with E-state index in [0.29, 0.717) is 11.9 Å². The predicted octanol–water partition coefficient (Wildman–Crippen LogP) is 3.30. The van der Waals surface area contributed by atoms with Gasteiger partial charge < -0.3 is 5.73 Å². The first-order chi connectivity index (χ1) is 8.45. The summed E-state index contributed by atoms with van der Waals surface area (Å²) in [4.78, 5) is 0. The van der Waals surface area contributed by atoms with E-state index in [1.165, 1.54) is 32.1 Å². The minimum absolute atomic E-state index is 0.00330. The maximum Gasteiger partial charge on any atom is 0.169 e. The molecule has 0 amide bonds. The van der Waals surface area contributed by atoms with Crippen LogP contribution in [0.15, 0.2) is 0 Å². The summed E-state index contributed by atoms with van der Waals surface area (Å²) >= 11 is 0. The van der Waals surface area contributed by atoms with Crippen molar-refractivity contribution in [2.45, 2.75) is 71.3 Å². The molecule has 4 heteroatoms. The average Bonchev–Trinajstić information content (AvgIpc) is 2.70. The van der Waals surface area contributed by atoms with Gasteiger partial charge in [0.2, 0.25) is 0 Å². The van der Waals surface area contributed by atoms with E-state index in [4.69, 9.17) is 5.73 Å². The first kappa shape index (κ1) is 13.4. The summed E-state index contributed by atoms with van der Waals surface area (Å²) in [5.41, 5.74) is 7.13. The molecule has 1 saturated carbocycles. The zero-order valence-corrected chi connectivity index (χ0v) is 12.1. The van der Waals surface area contributed by atoms with Gasteiger partial charge in [-0.25, -0.2) is 4.68 Å². The highest BCUT2D eigenvalue weighted by Crippen LogP contribution is 2.39. The van der Waals surface area contributed by atoms with Gasteiger partial charge in [-0.3, -0.25) is 0 Å². The molecule has 1 aromatic heterocycles. The van der Waals surface area contributed by atoms with Gasteiger partial charge in [-0.15, -0.1) is 5.10 Å². The zero-order chi connectivity index (χ0) is 13.3. The molecule has 0 bridgehead atoms. The Balaban J connectivity index is 2.38. The fraction of sp³-hybridized carbons (Fsp3) is 0.857. The molecule has 2 N–H and O–H groups in total. The van der Waals surface area contributed by atoms with E-state index in [0.717, 1.165) is 11.6 Å². The lowest BCUT2D eigenvalue weighted by atomic mass is 9.82. The molecule has 1 fully saturated rings. The summed E-state index contributed by atoms with van der Waals surface area (Å²) in [6.07, 6.45) is 6.39. The van der Waals surface area contributed by atoms with E-state index in [9.17, 15) is 0 Å². The monoisotopic (exact) mass is 250 g/mol.